The average molecular weight is 483 g/mol. The van der Waals surface area contributed by atoms with Crippen LogP contribution in [0.3, 0.4) is 0 Å². The van der Waals surface area contributed by atoms with E-state index in [1.807, 2.05) is 11.8 Å². The molecule has 2 aliphatic heterocycles. The Morgan fingerprint density at radius 3 is 2.39 bits per heavy atom. The Bertz CT molecular complexity index is 712. The monoisotopic (exact) mass is 482 g/mol. The minimum Gasteiger partial charge on any atom is -0.355 e. The molecular weight excluding hydrogens is 440 g/mol. The first-order valence-corrected chi connectivity index (χ1v) is 13.3. The number of carbonyl (C=O) groups excluding carboxylic acids is 3. The molecule has 3 fully saturated rings. The lowest BCUT2D eigenvalue weighted by atomic mass is 9.74. The van der Waals surface area contributed by atoms with Gasteiger partial charge in [-0.2, -0.15) is 0 Å². The van der Waals surface area contributed by atoms with Crippen LogP contribution >= 0.6 is 11.6 Å². The molecule has 7 nitrogen and oxygen atoms in total. The number of amides is 3. The maximum atomic E-state index is 13.3. The Hall–Kier alpha value is -1.34. The minimum atomic E-state index is -0.176. The summed E-state index contributed by atoms with van der Waals surface area (Å²) in [5, 5.41) is 6.08. The highest BCUT2D eigenvalue weighted by Gasteiger charge is 2.43. The predicted octanol–water partition coefficient (Wildman–Crippen LogP) is 2.62. The van der Waals surface area contributed by atoms with Gasteiger partial charge in [0.25, 0.3) is 0 Å². The molecule has 188 valence electrons. The van der Waals surface area contributed by atoms with Gasteiger partial charge in [-0.3, -0.25) is 19.3 Å². The first kappa shape index (κ1) is 26.3. The highest BCUT2D eigenvalue weighted by atomic mass is 35.5. The molecular formula is C25H43ClN4O3. The highest BCUT2D eigenvalue weighted by Crippen LogP contribution is 2.38. The van der Waals surface area contributed by atoms with Crippen molar-refractivity contribution >= 4 is 29.3 Å². The fourth-order valence-electron chi connectivity index (χ4n) is 6.42. The van der Waals surface area contributed by atoms with E-state index in [1.165, 1.54) is 0 Å². The molecule has 0 aromatic carbocycles. The van der Waals surface area contributed by atoms with Gasteiger partial charge < -0.3 is 15.5 Å². The van der Waals surface area contributed by atoms with Gasteiger partial charge in [0.05, 0.1) is 5.92 Å². The van der Waals surface area contributed by atoms with Gasteiger partial charge in [0.2, 0.25) is 17.7 Å². The lowest BCUT2D eigenvalue weighted by molar-refractivity contribution is -0.133. The maximum Gasteiger partial charge on any atom is 0.225 e. The highest BCUT2D eigenvalue weighted by molar-refractivity contribution is 6.20. The van der Waals surface area contributed by atoms with Crippen molar-refractivity contribution < 1.29 is 14.4 Å². The van der Waals surface area contributed by atoms with Gasteiger partial charge >= 0.3 is 0 Å². The SMILES string of the molecule is CCN(C1CCN(C(C)=O)CC1)C1CC(Cl)CC(C(=O)NCC2C(=O)NC(C)CC2C)C1C. The number of halogens is 1. The van der Waals surface area contributed by atoms with E-state index in [0.29, 0.717) is 19.0 Å². The van der Waals surface area contributed by atoms with Crippen molar-refractivity contribution in [3.63, 3.8) is 0 Å². The molecule has 8 heteroatoms. The van der Waals surface area contributed by atoms with E-state index < -0.39 is 0 Å². The summed E-state index contributed by atoms with van der Waals surface area (Å²) in [6.07, 6.45) is 4.43. The fourth-order valence-corrected chi connectivity index (χ4v) is 6.79. The van der Waals surface area contributed by atoms with Crippen molar-refractivity contribution in [2.45, 2.75) is 90.2 Å². The molecule has 1 aliphatic carbocycles. The largest absolute Gasteiger partial charge is 0.355 e. The molecule has 0 radical (unpaired) electrons. The van der Waals surface area contributed by atoms with Crippen LogP contribution in [0.15, 0.2) is 0 Å². The molecule has 2 heterocycles. The summed E-state index contributed by atoms with van der Waals surface area (Å²) in [7, 11) is 0. The Morgan fingerprint density at radius 1 is 1.15 bits per heavy atom. The Kier molecular flexibility index (Phi) is 9.07. The fraction of sp³-hybridized carbons (Fsp3) is 0.880. The molecule has 33 heavy (non-hydrogen) atoms. The first-order valence-electron chi connectivity index (χ1n) is 12.9. The number of carbonyl (C=O) groups is 3. The molecule has 0 aromatic heterocycles. The smallest absolute Gasteiger partial charge is 0.225 e. The Morgan fingerprint density at radius 2 is 1.82 bits per heavy atom. The first-order chi connectivity index (χ1) is 15.6. The second-order valence-corrected chi connectivity index (χ2v) is 11.3. The maximum absolute atomic E-state index is 13.3. The van der Waals surface area contributed by atoms with Crippen LogP contribution in [0.2, 0.25) is 0 Å². The molecule has 1 saturated carbocycles. The van der Waals surface area contributed by atoms with Crippen molar-refractivity contribution in [2.24, 2.45) is 23.7 Å². The molecule has 2 saturated heterocycles. The zero-order chi connectivity index (χ0) is 24.3. The zero-order valence-corrected chi connectivity index (χ0v) is 21.7. The summed E-state index contributed by atoms with van der Waals surface area (Å²) < 4.78 is 0. The van der Waals surface area contributed by atoms with Crippen LogP contribution in [0.4, 0.5) is 0 Å². The Balaban J connectivity index is 1.62. The number of hydrogen-bond donors (Lipinski definition) is 2. The summed E-state index contributed by atoms with van der Waals surface area (Å²) in [5.41, 5.74) is 0. The van der Waals surface area contributed by atoms with E-state index in [2.05, 4.69) is 36.3 Å². The van der Waals surface area contributed by atoms with Crippen LogP contribution in [0, 0.1) is 23.7 Å². The standard InChI is InChI=1S/C25H43ClN4O3/c1-6-30(20-7-9-29(10-8-20)18(5)31)23-13-19(26)12-21(17(23)4)24(32)27-14-22-15(2)11-16(3)28-25(22)33/h15-17,19-23H,6-14H2,1-5H3,(H,27,32)(H,28,33). The number of nitrogens with one attached hydrogen (secondary N) is 2. The van der Waals surface area contributed by atoms with Crippen molar-refractivity contribution in [2.75, 3.05) is 26.2 Å². The van der Waals surface area contributed by atoms with Gasteiger partial charge in [-0.1, -0.05) is 20.8 Å². The van der Waals surface area contributed by atoms with Crippen molar-refractivity contribution in [1.82, 2.24) is 20.4 Å². The van der Waals surface area contributed by atoms with E-state index >= 15 is 0 Å². The molecule has 3 amide bonds. The van der Waals surface area contributed by atoms with E-state index in [4.69, 9.17) is 11.6 Å². The van der Waals surface area contributed by atoms with Gasteiger partial charge in [0.1, 0.15) is 0 Å². The number of nitrogens with zero attached hydrogens (tertiary/aromatic N) is 2. The lowest BCUT2D eigenvalue weighted by Crippen LogP contribution is -2.56. The summed E-state index contributed by atoms with van der Waals surface area (Å²) in [4.78, 5) is 41.9. The van der Waals surface area contributed by atoms with Gasteiger partial charge in [0, 0.05) is 56.0 Å². The molecule has 7 unspecified atom stereocenters. The number of alkyl halides is 1. The third kappa shape index (κ3) is 6.21. The molecule has 3 aliphatic rings. The van der Waals surface area contributed by atoms with Crippen LogP contribution in [-0.4, -0.2) is 77.2 Å². The van der Waals surface area contributed by atoms with Gasteiger partial charge in [-0.15, -0.1) is 11.6 Å². The molecule has 2 N–H and O–H groups in total. The van der Waals surface area contributed by atoms with Crippen LogP contribution in [0.5, 0.6) is 0 Å². The minimum absolute atomic E-state index is 0.0268. The van der Waals surface area contributed by atoms with Crippen LogP contribution in [0.1, 0.15) is 66.7 Å². The molecule has 0 aromatic rings. The van der Waals surface area contributed by atoms with E-state index in [1.54, 1.807) is 6.92 Å². The van der Waals surface area contributed by atoms with Crippen molar-refractivity contribution in [3.05, 3.63) is 0 Å². The second kappa shape index (κ2) is 11.4. The van der Waals surface area contributed by atoms with Gasteiger partial charge in [-0.05, 0) is 57.4 Å². The summed E-state index contributed by atoms with van der Waals surface area (Å²) in [5.74, 6) is 0.324. The van der Waals surface area contributed by atoms with E-state index in [-0.39, 0.29) is 58.9 Å². The van der Waals surface area contributed by atoms with Crippen molar-refractivity contribution in [3.8, 4) is 0 Å². The third-order valence-corrected chi connectivity index (χ3v) is 8.75. The number of likely N-dealkylation sites (tertiary alicyclic amines) is 1. The van der Waals surface area contributed by atoms with Crippen LogP contribution in [0.25, 0.3) is 0 Å². The molecule has 0 spiro atoms. The van der Waals surface area contributed by atoms with Crippen LogP contribution in [-0.2, 0) is 14.4 Å². The van der Waals surface area contributed by atoms with E-state index in [9.17, 15) is 14.4 Å². The number of rotatable bonds is 6. The summed E-state index contributed by atoms with van der Waals surface area (Å²) in [6, 6.07) is 0.851. The normalized spacial score (nSPS) is 35.9. The van der Waals surface area contributed by atoms with Crippen molar-refractivity contribution in [1.29, 1.82) is 0 Å². The predicted molar refractivity (Wildman–Crippen MR) is 131 cm³/mol. The van der Waals surface area contributed by atoms with Crippen LogP contribution < -0.4 is 10.6 Å². The quantitative estimate of drug-likeness (QED) is 0.570. The summed E-state index contributed by atoms with van der Waals surface area (Å²) >= 11 is 6.71. The molecule has 3 rings (SSSR count). The number of hydrogen-bond acceptors (Lipinski definition) is 4. The van der Waals surface area contributed by atoms with Gasteiger partial charge in [0.15, 0.2) is 0 Å². The topological polar surface area (TPSA) is 81.8 Å². The molecule has 7 atom stereocenters. The van der Waals surface area contributed by atoms with Gasteiger partial charge in [-0.25, -0.2) is 0 Å². The second-order valence-electron chi connectivity index (χ2n) is 10.6. The third-order valence-electron chi connectivity index (χ3n) is 8.39. The van der Waals surface area contributed by atoms with E-state index in [0.717, 1.165) is 45.3 Å². The zero-order valence-electron chi connectivity index (χ0n) is 21.0. The lowest BCUT2D eigenvalue weighted by Gasteiger charge is -2.48. The summed E-state index contributed by atoms with van der Waals surface area (Å²) in [6.45, 7) is 13.0. The number of piperidine rings is 2. The molecule has 0 bridgehead atoms. The Labute approximate surface area is 204 Å². The average Bonchev–Trinajstić information content (AvgIpc) is 2.75.